The summed E-state index contributed by atoms with van der Waals surface area (Å²) in [6.07, 6.45) is 0.325. The lowest BCUT2D eigenvalue weighted by molar-refractivity contribution is -0.140. The summed E-state index contributed by atoms with van der Waals surface area (Å²) in [7, 11) is -2.70. The van der Waals surface area contributed by atoms with Crippen LogP contribution in [0.4, 0.5) is 5.69 Å². The van der Waals surface area contributed by atoms with Gasteiger partial charge in [-0.1, -0.05) is 42.3 Å². The Kier molecular flexibility index (Phi) is 10.6. The number of ether oxygens (including phenoxy) is 1. The Bertz CT molecular complexity index is 1370. The maximum atomic E-state index is 13.9. The van der Waals surface area contributed by atoms with Crippen molar-refractivity contribution in [2.75, 3.05) is 24.5 Å². The van der Waals surface area contributed by atoms with Crippen LogP contribution >= 0.6 is 23.2 Å². The van der Waals surface area contributed by atoms with Gasteiger partial charge in [-0.2, -0.15) is 0 Å². The second-order valence-corrected chi connectivity index (χ2v) is 11.3. The lowest BCUT2D eigenvalue weighted by Crippen LogP contribution is -2.51. The molecule has 0 heterocycles. The van der Waals surface area contributed by atoms with Gasteiger partial charge in [0.1, 0.15) is 18.3 Å². The summed E-state index contributed by atoms with van der Waals surface area (Å²) in [5, 5.41) is 3.51. The third kappa shape index (κ3) is 7.65. The number of likely N-dealkylation sites (N-methyl/N-ethyl adjacent to an activating group) is 1. The summed E-state index contributed by atoms with van der Waals surface area (Å²) in [6.45, 7) is 3.62. The van der Waals surface area contributed by atoms with Crippen LogP contribution in [0.25, 0.3) is 0 Å². The number of nitrogens with zero attached hydrogens (tertiary/aromatic N) is 2. The molecule has 0 radical (unpaired) electrons. The minimum atomic E-state index is -4.19. The van der Waals surface area contributed by atoms with Crippen LogP contribution in [-0.2, 0) is 26.2 Å². The minimum Gasteiger partial charge on any atom is -0.494 e. The van der Waals surface area contributed by atoms with E-state index in [2.05, 4.69) is 5.32 Å². The van der Waals surface area contributed by atoms with Crippen molar-refractivity contribution in [3.05, 3.63) is 88.4 Å². The Morgan fingerprint density at radius 3 is 1.97 bits per heavy atom. The standard InChI is InChI=1S/C28H31Cl2N3O5S/c1-4-26(28(35)31-3)32(18-20-6-8-21(29)9-7-20)27(34)19-33(23-12-14-24(15-13-23)38-5-2)39(36,37)25-16-10-22(30)11-17-25/h6-17,26H,4-5,18-19H2,1-3H3,(H,31,35)/t26-/m0/s1. The first-order valence-electron chi connectivity index (χ1n) is 12.4. The molecule has 0 unspecified atom stereocenters. The predicted octanol–water partition coefficient (Wildman–Crippen LogP) is 5.14. The fraction of sp³-hybridized carbons (Fsp3) is 0.286. The molecule has 0 fully saturated rings. The van der Waals surface area contributed by atoms with Crippen LogP contribution in [0.5, 0.6) is 5.75 Å². The first kappa shape index (κ1) is 30.3. The van der Waals surface area contributed by atoms with Crippen molar-refractivity contribution in [1.29, 1.82) is 0 Å². The fourth-order valence-electron chi connectivity index (χ4n) is 4.01. The van der Waals surface area contributed by atoms with Gasteiger partial charge in [-0.05, 0) is 79.6 Å². The summed E-state index contributed by atoms with van der Waals surface area (Å²) >= 11 is 12.0. The summed E-state index contributed by atoms with van der Waals surface area (Å²) in [5.41, 5.74) is 1.00. The van der Waals surface area contributed by atoms with E-state index in [9.17, 15) is 18.0 Å². The zero-order chi connectivity index (χ0) is 28.6. The number of hydrogen-bond acceptors (Lipinski definition) is 5. The largest absolute Gasteiger partial charge is 0.494 e. The van der Waals surface area contributed by atoms with Crippen LogP contribution in [0.15, 0.2) is 77.7 Å². The molecular weight excluding hydrogens is 561 g/mol. The highest BCUT2D eigenvalue weighted by molar-refractivity contribution is 7.92. The third-order valence-electron chi connectivity index (χ3n) is 6.01. The van der Waals surface area contributed by atoms with Gasteiger partial charge in [0.2, 0.25) is 11.8 Å². The normalized spacial score (nSPS) is 11.9. The molecule has 3 aromatic carbocycles. The van der Waals surface area contributed by atoms with Crippen LogP contribution < -0.4 is 14.4 Å². The average Bonchev–Trinajstić information content (AvgIpc) is 2.93. The maximum absolute atomic E-state index is 13.9. The number of anilines is 1. The molecular formula is C28H31Cl2N3O5S. The lowest BCUT2D eigenvalue weighted by atomic mass is 10.1. The first-order valence-corrected chi connectivity index (χ1v) is 14.6. The zero-order valence-electron chi connectivity index (χ0n) is 21.9. The summed E-state index contributed by atoms with van der Waals surface area (Å²) in [5.74, 6) is -0.341. The summed E-state index contributed by atoms with van der Waals surface area (Å²) < 4.78 is 34.2. The van der Waals surface area contributed by atoms with Gasteiger partial charge in [0.05, 0.1) is 17.2 Å². The molecule has 1 N–H and O–H groups in total. The molecule has 2 amide bonds. The monoisotopic (exact) mass is 591 g/mol. The molecule has 11 heteroatoms. The van der Waals surface area contributed by atoms with E-state index in [0.29, 0.717) is 28.8 Å². The van der Waals surface area contributed by atoms with E-state index in [0.717, 1.165) is 9.87 Å². The molecule has 0 aliphatic heterocycles. The minimum absolute atomic E-state index is 0.0313. The maximum Gasteiger partial charge on any atom is 0.264 e. The van der Waals surface area contributed by atoms with E-state index in [4.69, 9.17) is 27.9 Å². The average molecular weight is 593 g/mol. The molecule has 8 nitrogen and oxygen atoms in total. The van der Waals surface area contributed by atoms with Crippen molar-refractivity contribution in [3.8, 4) is 5.75 Å². The van der Waals surface area contributed by atoms with Gasteiger partial charge in [0, 0.05) is 23.6 Å². The SMILES string of the molecule is CCOc1ccc(N(CC(=O)N(Cc2ccc(Cl)cc2)[C@@H](CC)C(=O)NC)S(=O)(=O)c2ccc(Cl)cc2)cc1. The van der Waals surface area contributed by atoms with Crippen LogP contribution in [0.2, 0.25) is 10.0 Å². The van der Waals surface area contributed by atoms with Gasteiger partial charge in [0.15, 0.2) is 0 Å². The molecule has 3 rings (SSSR count). The van der Waals surface area contributed by atoms with E-state index in [-0.39, 0.29) is 23.0 Å². The van der Waals surface area contributed by atoms with Gasteiger partial charge in [-0.25, -0.2) is 8.42 Å². The van der Waals surface area contributed by atoms with Gasteiger partial charge in [-0.3, -0.25) is 13.9 Å². The van der Waals surface area contributed by atoms with E-state index in [1.807, 2.05) is 6.92 Å². The highest BCUT2D eigenvalue weighted by Gasteiger charge is 2.33. The van der Waals surface area contributed by atoms with Crippen LogP contribution in [0.1, 0.15) is 25.8 Å². The van der Waals surface area contributed by atoms with E-state index in [1.165, 1.54) is 36.2 Å². The molecule has 0 aromatic heterocycles. The highest BCUT2D eigenvalue weighted by atomic mass is 35.5. The predicted molar refractivity (Wildman–Crippen MR) is 154 cm³/mol. The van der Waals surface area contributed by atoms with Crippen molar-refractivity contribution < 1.29 is 22.7 Å². The molecule has 0 aliphatic carbocycles. The topological polar surface area (TPSA) is 96.0 Å². The number of amides is 2. The Labute approximate surface area is 239 Å². The van der Waals surface area contributed by atoms with Gasteiger partial charge in [0.25, 0.3) is 10.0 Å². The summed E-state index contributed by atoms with van der Waals surface area (Å²) in [4.78, 5) is 28.0. The van der Waals surface area contributed by atoms with Gasteiger partial charge < -0.3 is 15.0 Å². The number of halogens is 2. The number of nitrogens with one attached hydrogen (secondary N) is 1. The molecule has 0 aliphatic rings. The number of rotatable bonds is 12. The number of carbonyl (C=O) groups is 2. The first-order chi connectivity index (χ1) is 18.6. The van der Waals surface area contributed by atoms with Crippen LogP contribution in [-0.4, -0.2) is 51.4 Å². The van der Waals surface area contributed by atoms with E-state index >= 15 is 0 Å². The zero-order valence-corrected chi connectivity index (χ0v) is 24.3. The number of sulfonamides is 1. The molecule has 1 atom stereocenters. The molecule has 0 saturated heterocycles. The third-order valence-corrected chi connectivity index (χ3v) is 8.31. The smallest absolute Gasteiger partial charge is 0.264 e. The molecule has 0 saturated carbocycles. The number of carbonyl (C=O) groups excluding carboxylic acids is 2. The van der Waals surface area contributed by atoms with Gasteiger partial charge in [-0.15, -0.1) is 0 Å². The summed E-state index contributed by atoms with van der Waals surface area (Å²) in [6, 6.07) is 18.2. The van der Waals surface area contributed by atoms with Crippen molar-refractivity contribution in [2.45, 2.75) is 37.8 Å². The quantitative estimate of drug-likeness (QED) is 0.314. The Balaban J connectivity index is 2.05. The number of benzene rings is 3. The van der Waals surface area contributed by atoms with Crippen LogP contribution in [0, 0.1) is 0 Å². The van der Waals surface area contributed by atoms with Crippen molar-refractivity contribution in [2.24, 2.45) is 0 Å². The highest BCUT2D eigenvalue weighted by Crippen LogP contribution is 2.27. The van der Waals surface area contributed by atoms with Crippen molar-refractivity contribution in [3.63, 3.8) is 0 Å². The van der Waals surface area contributed by atoms with Crippen LogP contribution in [0.3, 0.4) is 0 Å². The molecule has 208 valence electrons. The Morgan fingerprint density at radius 1 is 0.897 bits per heavy atom. The van der Waals surface area contributed by atoms with Gasteiger partial charge >= 0.3 is 0 Å². The second-order valence-electron chi connectivity index (χ2n) is 8.58. The van der Waals surface area contributed by atoms with E-state index in [1.54, 1.807) is 55.5 Å². The Hall–Kier alpha value is -3.27. The Morgan fingerprint density at radius 2 is 1.46 bits per heavy atom. The molecule has 0 spiro atoms. The lowest BCUT2D eigenvalue weighted by Gasteiger charge is -2.33. The van der Waals surface area contributed by atoms with Crippen molar-refractivity contribution >= 4 is 50.7 Å². The molecule has 3 aromatic rings. The fourth-order valence-corrected chi connectivity index (χ4v) is 5.68. The number of hydrogen-bond donors (Lipinski definition) is 1. The molecule has 0 bridgehead atoms. The second kappa shape index (κ2) is 13.7. The van der Waals surface area contributed by atoms with Crippen molar-refractivity contribution in [1.82, 2.24) is 10.2 Å². The molecule has 39 heavy (non-hydrogen) atoms. The van der Waals surface area contributed by atoms with E-state index < -0.39 is 28.5 Å².